The van der Waals surface area contributed by atoms with E-state index in [9.17, 15) is 30.8 Å². The number of amides is 1. The predicted octanol–water partition coefficient (Wildman–Crippen LogP) is 2.16. The molecule has 1 aromatic rings. The number of hydrogen-bond acceptors (Lipinski definition) is 4. The van der Waals surface area contributed by atoms with Crippen LogP contribution >= 0.6 is 0 Å². The van der Waals surface area contributed by atoms with Crippen LogP contribution in [0.4, 0.5) is 23.2 Å². The maximum atomic E-state index is 13.8. The third-order valence-electron chi connectivity index (χ3n) is 2.74. The number of carbonyl (C=O) groups is 1. The summed E-state index contributed by atoms with van der Waals surface area (Å²) in [7, 11) is -4.95. The minimum Gasteiger partial charge on any atom is -0.353 e. The van der Waals surface area contributed by atoms with E-state index in [0.717, 1.165) is 6.08 Å². The molecule has 2 N–H and O–H groups in total. The first-order valence-electron chi connectivity index (χ1n) is 6.48. The van der Waals surface area contributed by atoms with Crippen molar-refractivity contribution in [2.24, 2.45) is 5.11 Å². The molecule has 0 bridgehead atoms. The van der Waals surface area contributed by atoms with E-state index in [1.807, 2.05) is 4.91 Å². The van der Waals surface area contributed by atoms with Gasteiger partial charge in [-0.2, -0.15) is 0 Å². The number of hydrogen-bond donors (Lipinski definition) is 2. The molecule has 25 heavy (non-hydrogen) atoms. The van der Waals surface area contributed by atoms with E-state index in [2.05, 4.69) is 17.0 Å². The summed E-state index contributed by atoms with van der Waals surface area (Å²) in [5, 5.41) is 4.76. The van der Waals surface area contributed by atoms with Gasteiger partial charge in [-0.25, -0.2) is 30.7 Å². The average Bonchev–Trinajstić information content (AvgIpc) is 2.56. The van der Waals surface area contributed by atoms with Crippen molar-refractivity contribution >= 4 is 21.6 Å². The summed E-state index contributed by atoms with van der Waals surface area (Å²) in [5.41, 5.74) is 6.49. The third-order valence-corrected chi connectivity index (χ3v) is 4.22. The normalized spacial score (nSPS) is 10.9. The fraction of sp³-hybridized carbons (Fsp3) is 0.250. The highest BCUT2D eigenvalue weighted by atomic mass is 32.2. The van der Waals surface area contributed by atoms with Crippen molar-refractivity contribution in [2.45, 2.75) is 11.3 Å². The van der Waals surface area contributed by atoms with Crippen LogP contribution < -0.4 is 10.0 Å². The molecule has 13 heteroatoms. The first-order chi connectivity index (χ1) is 11.7. The Bertz CT molecular complexity index is 824. The molecule has 136 valence electrons. The van der Waals surface area contributed by atoms with Crippen LogP contribution in [0, 0.1) is 23.3 Å². The molecule has 0 aliphatic rings. The van der Waals surface area contributed by atoms with E-state index in [0.29, 0.717) is 0 Å². The Hall–Kier alpha value is -2.63. The molecule has 8 nitrogen and oxygen atoms in total. The van der Waals surface area contributed by atoms with Crippen LogP contribution in [0.25, 0.3) is 10.4 Å². The lowest BCUT2D eigenvalue weighted by atomic mass is 10.2. The van der Waals surface area contributed by atoms with Crippen LogP contribution in [0.2, 0.25) is 0 Å². The molecule has 0 aliphatic heterocycles. The summed E-state index contributed by atoms with van der Waals surface area (Å²) in [6.45, 7) is 2.81. The summed E-state index contributed by atoms with van der Waals surface area (Å²) in [5.74, 6) is -9.26. The van der Waals surface area contributed by atoms with Crippen LogP contribution in [0.5, 0.6) is 0 Å². The van der Waals surface area contributed by atoms with Gasteiger partial charge in [0.25, 0.3) is 0 Å². The van der Waals surface area contributed by atoms with E-state index in [4.69, 9.17) is 5.53 Å². The van der Waals surface area contributed by atoms with E-state index in [1.54, 1.807) is 4.72 Å². The fourth-order valence-corrected chi connectivity index (χ4v) is 2.83. The Morgan fingerprint density at radius 2 is 1.72 bits per heavy atom. The number of sulfonamides is 1. The van der Waals surface area contributed by atoms with E-state index in [-0.39, 0.29) is 19.5 Å². The second-order valence-corrected chi connectivity index (χ2v) is 6.07. The van der Waals surface area contributed by atoms with E-state index < -0.39 is 49.8 Å². The molecule has 1 rings (SSSR count). The highest BCUT2D eigenvalue weighted by Gasteiger charge is 2.32. The Morgan fingerprint density at radius 3 is 2.20 bits per heavy atom. The standard InChI is InChI=1S/C12H11F4N5O3S/c1-2-6(22)18-4-3-5-19-25(23,24)12-9(15)7(13)11(20-21-17)8(14)10(12)16/h2,19H,1,3-5H2,(H,18,22). The van der Waals surface area contributed by atoms with Gasteiger partial charge in [0.1, 0.15) is 5.69 Å². The van der Waals surface area contributed by atoms with Gasteiger partial charge in [-0.3, -0.25) is 4.79 Å². The number of nitrogens with zero attached hydrogens (tertiary/aromatic N) is 3. The largest absolute Gasteiger partial charge is 0.353 e. The van der Waals surface area contributed by atoms with Gasteiger partial charge < -0.3 is 5.32 Å². The van der Waals surface area contributed by atoms with Gasteiger partial charge in [0.15, 0.2) is 28.2 Å². The molecule has 0 heterocycles. The first kappa shape index (κ1) is 20.4. The number of halogens is 4. The Morgan fingerprint density at radius 1 is 1.16 bits per heavy atom. The van der Waals surface area contributed by atoms with Gasteiger partial charge in [0.2, 0.25) is 15.9 Å². The van der Waals surface area contributed by atoms with Gasteiger partial charge in [0.05, 0.1) is 0 Å². The van der Waals surface area contributed by atoms with Crippen molar-refractivity contribution in [3.05, 3.63) is 46.4 Å². The van der Waals surface area contributed by atoms with Crippen molar-refractivity contribution in [3.63, 3.8) is 0 Å². The zero-order valence-electron chi connectivity index (χ0n) is 12.4. The zero-order valence-corrected chi connectivity index (χ0v) is 13.2. The molecule has 0 aromatic heterocycles. The highest BCUT2D eigenvalue weighted by molar-refractivity contribution is 7.89. The molecule has 0 aliphatic carbocycles. The lowest BCUT2D eigenvalue weighted by Crippen LogP contribution is -2.30. The van der Waals surface area contributed by atoms with E-state index in [1.165, 1.54) is 0 Å². The quantitative estimate of drug-likeness (QED) is 0.136. The fourth-order valence-electron chi connectivity index (χ4n) is 1.62. The molecule has 0 saturated heterocycles. The number of carbonyl (C=O) groups excluding carboxylic acids is 1. The molecule has 0 spiro atoms. The minimum atomic E-state index is -4.95. The number of rotatable bonds is 8. The van der Waals surface area contributed by atoms with E-state index >= 15 is 0 Å². The molecule has 1 aromatic carbocycles. The van der Waals surface area contributed by atoms with Crippen LogP contribution in [-0.2, 0) is 14.8 Å². The van der Waals surface area contributed by atoms with Crippen molar-refractivity contribution in [2.75, 3.05) is 13.1 Å². The average molecular weight is 381 g/mol. The second-order valence-electron chi connectivity index (χ2n) is 4.37. The maximum absolute atomic E-state index is 13.8. The summed E-state index contributed by atoms with van der Waals surface area (Å²) in [6.07, 6.45) is 0.996. The molecule has 0 fully saturated rings. The zero-order chi connectivity index (χ0) is 19.2. The molecule has 0 radical (unpaired) electrons. The summed E-state index contributed by atoms with van der Waals surface area (Å²) >= 11 is 0. The molecule has 0 atom stereocenters. The number of azide groups is 1. The van der Waals surface area contributed by atoms with Crippen molar-refractivity contribution in [3.8, 4) is 0 Å². The topological polar surface area (TPSA) is 124 Å². The lowest BCUT2D eigenvalue weighted by Gasteiger charge is -2.11. The van der Waals surface area contributed by atoms with Crippen LogP contribution in [0.3, 0.4) is 0 Å². The van der Waals surface area contributed by atoms with Crippen LogP contribution in [0.1, 0.15) is 6.42 Å². The summed E-state index contributed by atoms with van der Waals surface area (Å²) < 4.78 is 80.3. The van der Waals surface area contributed by atoms with Crippen molar-refractivity contribution < 1.29 is 30.8 Å². The maximum Gasteiger partial charge on any atom is 0.246 e. The summed E-state index contributed by atoms with van der Waals surface area (Å²) in [4.78, 5) is 11.0. The number of benzene rings is 1. The highest BCUT2D eigenvalue weighted by Crippen LogP contribution is 2.32. The summed E-state index contributed by atoms with van der Waals surface area (Å²) in [6, 6.07) is 0. The van der Waals surface area contributed by atoms with Gasteiger partial charge in [-0.15, -0.1) is 0 Å². The van der Waals surface area contributed by atoms with Crippen molar-refractivity contribution in [1.29, 1.82) is 0 Å². The first-order valence-corrected chi connectivity index (χ1v) is 7.96. The number of nitrogens with one attached hydrogen (secondary N) is 2. The molecule has 0 unspecified atom stereocenters. The third kappa shape index (κ3) is 4.68. The smallest absolute Gasteiger partial charge is 0.246 e. The Labute approximate surface area is 139 Å². The lowest BCUT2D eigenvalue weighted by molar-refractivity contribution is -0.116. The van der Waals surface area contributed by atoms with Crippen LogP contribution in [0.15, 0.2) is 22.7 Å². The second kappa shape index (κ2) is 8.46. The Kier molecular flexibility index (Phi) is 6.91. The van der Waals surface area contributed by atoms with Gasteiger partial charge in [-0.05, 0) is 18.0 Å². The Balaban J connectivity index is 3.04. The molecule has 1 amide bonds. The van der Waals surface area contributed by atoms with Gasteiger partial charge >= 0.3 is 0 Å². The molecule has 0 saturated carbocycles. The predicted molar refractivity (Wildman–Crippen MR) is 78.1 cm³/mol. The van der Waals surface area contributed by atoms with Gasteiger partial charge in [-0.1, -0.05) is 11.7 Å². The van der Waals surface area contributed by atoms with Gasteiger partial charge in [0, 0.05) is 18.0 Å². The molecular weight excluding hydrogens is 370 g/mol. The SMILES string of the molecule is C=CC(=O)NCCCNS(=O)(=O)c1c(F)c(F)c(N=[N+]=[N-])c(F)c1F. The molecular formula is C12H11F4N5O3S. The monoisotopic (exact) mass is 381 g/mol. The van der Waals surface area contributed by atoms with Crippen LogP contribution in [-0.4, -0.2) is 27.4 Å². The van der Waals surface area contributed by atoms with Crippen molar-refractivity contribution in [1.82, 2.24) is 10.0 Å². The minimum absolute atomic E-state index is 0.0108.